The third-order valence-corrected chi connectivity index (χ3v) is 3.36. The van der Waals surface area contributed by atoms with Crippen LogP contribution in [-0.2, 0) is 13.0 Å². The van der Waals surface area contributed by atoms with Crippen molar-refractivity contribution in [2.24, 2.45) is 5.73 Å². The zero-order valence-corrected chi connectivity index (χ0v) is 10.2. The summed E-state index contributed by atoms with van der Waals surface area (Å²) in [6.07, 6.45) is 0.860. The second-order valence-electron chi connectivity index (χ2n) is 3.63. The number of hydrogen-bond acceptors (Lipinski definition) is 3. The Hall–Kier alpha value is -1.39. The minimum absolute atomic E-state index is 0.281. The molecule has 0 radical (unpaired) electrons. The molecular weight excluding hydrogens is 237 g/mol. The van der Waals surface area contributed by atoms with Gasteiger partial charge in [0.15, 0.2) is 0 Å². The molecular formula is C13H14FNOS. The molecule has 0 aliphatic heterocycles. The first-order valence-electron chi connectivity index (χ1n) is 5.43. The van der Waals surface area contributed by atoms with Crippen LogP contribution in [0.25, 0.3) is 0 Å². The van der Waals surface area contributed by atoms with Crippen LogP contribution < -0.4 is 10.5 Å². The highest BCUT2D eigenvalue weighted by Crippen LogP contribution is 2.19. The molecule has 1 aromatic carbocycles. The van der Waals surface area contributed by atoms with Gasteiger partial charge in [-0.3, -0.25) is 0 Å². The maximum atomic E-state index is 13.0. The van der Waals surface area contributed by atoms with E-state index in [-0.39, 0.29) is 12.4 Å². The predicted octanol–water partition coefficient (Wildman–Crippen LogP) is 2.97. The molecule has 2 aromatic rings. The molecule has 0 saturated heterocycles. The lowest BCUT2D eigenvalue weighted by molar-refractivity contribution is 0.319. The Bertz CT molecular complexity index is 470. The van der Waals surface area contributed by atoms with Crippen molar-refractivity contribution >= 4 is 11.3 Å². The molecule has 90 valence electrons. The fraction of sp³-hybridized carbons (Fsp3) is 0.231. The lowest BCUT2D eigenvalue weighted by atomic mass is 10.2. The summed E-state index contributed by atoms with van der Waals surface area (Å²) in [6, 6.07) is 8.53. The Morgan fingerprint density at radius 2 is 2.18 bits per heavy atom. The van der Waals surface area contributed by atoms with Gasteiger partial charge in [0, 0.05) is 23.4 Å². The van der Waals surface area contributed by atoms with Gasteiger partial charge in [0.1, 0.15) is 11.6 Å². The predicted molar refractivity (Wildman–Crippen MR) is 67.8 cm³/mol. The van der Waals surface area contributed by atoms with E-state index in [4.69, 9.17) is 10.5 Å². The number of hydrogen-bond donors (Lipinski definition) is 1. The Morgan fingerprint density at radius 1 is 1.29 bits per heavy atom. The van der Waals surface area contributed by atoms with Crippen LogP contribution in [0.2, 0.25) is 0 Å². The molecule has 1 heterocycles. The number of thiophene rings is 1. The molecule has 0 saturated carbocycles. The van der Waals surface area contributed by atoms with E-state index < -0.39 is 0 Å². The van der Waals surface area contributed by atoms with Crippen molar-refractivity contribution in [1.29, 1.82) is 0 Å². The van der Waals surface area contributed by atoms with Gasteiger partial charge in [0.2, 0.25) is 0 Å². The SMILES string of the molecule is NCc1cc(F)ccc1OCCc1cccs1. The number of ether oxygens (including phenoxy) is 1. The highest BCUT2D eigenvalue weighted by molar-refractivity contribution is 7.09. The van der Waals surface area contributed by atoms with Gasteiger partial charge >= 0.3 is 0 Å². The summed E-state index contributed by atoms with van der Waals surface area (Å²) in [5.74, 6) is 0.390. The molecule has 2 nitrogen and oxygen atoms in total. The van der Waals surface area contributed by atoms with Gasteiger partial charge in [0.05, 0.1) is 6.61 Å². The molecule has 0 aliphatic rings. The van der Waals surface area contributed by atoms with E-state index >= 15 is 0 Å². The molecule has 1 aromatic heterocycles. The maximum Gasteiger partial charge on any atom is 0.123 e. The van der Waals surface area contributed by atoms with Gasteiger partial charge in [0.25, 0.3) is 0 Å². The van der Waals surface area contributed by atoms with Gasteiger partial charge in [-0.25, -0.2) is 4.39 Å². The van der Waals surface area contributed by atoms with Crippen LogP contribution in [0.5, 0.6) is 5.75 Å². The van der Waals surface area contributed by atoms with Crippen molar-refractivity contribution < 1.29 is 9.13 Å². The van der Waals surface area contributed by atoms with E-state index in [0.717, 1.165) is 6.42 Å². The van der Waals surface area contributed by atoms with Crippen molar-refractivity contribution in [3.8, 4) is 5.75 Å². The van der Waals surface area contributed by atoms with Crippen molar-refractivity contribution in [1.82, 2.24) is 0 Å². The van der Waals surface area contributed by atoms with Gasteiger partial charge in [-0.15, -0.1) is 11.3 Å². The molecule has 0 fully saturated rings. The average Bonchev–Trinajstić information content (AvgIpc) is 2.84. The molecule has 2 N–H and O–H groups in total. The third kappa shape index (κ3) is 3.28. The largest absolute Gasteiger partial charge is 0.493 e. The lowest BCUT2D eigenvalue weighted by Gasteiger charge is -2.09. The standard InChI is InChI=1S/C13H14FNOS/c14-11-3-4-13(10(8-11)9-15)16-6-5-12-2-1-7-17-12/h1-4,7-8H,5-6,9,15H2. The third-order valence-electron chi connectivity index (χ3n) is 2.43. The minimum atomic E-state index is -0.281. The lowest BCUT2D eigenvalue weighted by Crippen LogP contribution is -2.05. The molecule has 2 rings (SSSR count). The Kier molecular flexibility index (Phi) is 4.12. The van der Waals surface area contributed by atoms with Gasteiger partial charge in [-0.2, -0.15) is 0 Å². The molecule has 0 spiro atoms. The highest BCUT2D eigenvalue weighted by atomic mass is 32.1. The van der Waals surface area contributed by atoms with Crippen LogP contribution in [0, 0.1) is 5.82 Å². The molecule has 0 unspecified atom stereocenters. The molecule has 0 bridgehead atoms. The Morgan fingerprint density at radius 3 is 2.88 bits per heavy atom. The average molecular weight is 251 g/mol. The highest BCUT2D eigenvalue weighted by Gasteiger charge is 2.04. The maximum absolute atomic E-state index is 13.0. The first-order chi connectivity index (χ1) is 8.29. The fourth-order valence-electron chi connectivity index (χ4n) is 1.56. The molecule has 0 aliphatic carbocycles. The van der Waals surface area contributed by atoms with Crippen LogP contribution in [0.3, 0.4) is 0 Å². The van der Waals surface area contributed by atoms with Crippen LogP contribution in [0.4, 0.5) is 4.39 Å². The number of nitrogens with two attached hydrogens (primary N) is 1. The van der Waals surface area contributed by atoms with E-state index in [1.165, 1.54) is 17.0 Å². The summed E-state index contributed by atoms with van der Waals surface area (Å²) >= 11 is 1.71. The van der Waals surface area contributed by atoms with E-state index in [2.05, 4.69) is 6.07 Å². The minimum Gasteiger partial charge on any atom is -0.493 e. The summed E-state index contributed by atoms with van der Waals surface area (Å²) in [5.41, 5.74) is 6.25. The van der Waals surface area contributed by atoms with Crippen LogP contribution in [0.1, 0.15) is 10.4 Å². The van der Waals surface area contributed by atoms with E-state index in [9.17, 15) is 4.39 Å². The zero-order valence-electron chi connectivity index (χ0n) is 9.36. The monoisotopic (exact) mass is 251 g/mol. The summed E-state index contributed by atoms with van der Waals surface area (Å²) in [6.45, 7) is 0.866. The van der Waals surface area contributed by atoms with Crippen LogP contribution in [0.15, 0.2) is 35.7 Å². The van der Waals surface area contributed by atoms with Crippen molar-refractivity contribution in [3.63, 3.8) is 0 Å². The van der Waals surface area contributed by atoms with Crippen molar-refractivity contribution in [2.45, 2.75) is 13.0 Å². The van der Waals surface area contributed by atoms with Crippen LogP contribution >= 0.6 is 11.3 Å². The summed E-state index contributed by atoms with van der Waals surface area (Å²) in [7, 11) is 0. The fourth-order valence-corrected chi connectivity index (χ4v) is 2.26. The normalized spacial score (nSPS) is 10.5. The number of halogens is 1. The second kappa shape index (κ2) is 5.80. The summed E-state index contributed by atoms with van der Waals surface area (Å²) in [5, 5.41) is 2.04. The summed E-state index contributed by atoms with van der Waals surface area (Å²) < 4.78 is 18.6. The number of rotatable bonds is 5. The van der Waals surface area contributed by atoms with E-state index in [0.29, 0.717) is 17.9 Å². The van der Waals surface area contributed by atoms with E-state index in [1.54, 1.807) is 17.4 Å². The molecule has 0 atom stereocenters. The molecule has 4 heteroatoms. The first-order valence-corrected chi connectivity index (χ1v) is 6.31. The summed E-state index contributed by atoms with van der Waals surface area (Å²) in [4.78, 5) is 1.28. The topological polar surface area (TPSA) is 35.2 Å². The number of benzene rings is 1. The smallest absolute Gasteiger partial charge is 0.123 e. The van der Waals surface area contributed by atoms with Crippen LogP contribution in [-0.4, -0.2) is 6.61 Å². The Labute approximate surface area is 104 Å². The van der Waals surface area contributed by atoms with Gasteiger partial charge in [-0.05, 0) is 29.6 Å². The van der Waals surface area contributed by atoms with Gasteiger partial charge < -0.3 is 10.5 Å². The van der Waals surface area contributed by atoms with Gasteiger partial charge in [-0.1, -0.05) is 6.07 Å². The molecule has 17 heavy (non-hydrogen) atoms. The van der Waals surface area contributed by atoms with E-state index in [1.807, 2.05) is 11.4 Å². The van der Waals surface area contributed by atoms with Crippen molar-refractivity contribution in [2.75, 3.05) is 6.61 Å². The Balaban J connectivity index is 1.94. The quantitative estimate of drug-likeness (QED) is 0.886. The molecule has 0 amide bonds. The first kappa shape index (κ1) is 12.1. The zero-order chi connectivity index (χ0) is 12.1. The second-order valence-corrected chi connectivity index (χ2v) is 4.67. The van der Waals surface area contributed by atoms with Crippen molar-refractivity contribution in [3.05, 3.63) is 52.0 Å².